The van der Waals surface area contributed by atoms with Crippen LogP contribution in [0.5, 0.6) is 5.75 Å². The molecule has 23 heavy (non-hydrogen) atoms. The highest BCUT2D eigenvalue weighted by molar-refractivity contribution is 5.92. The summed E-state index contributed by atoms with van der Waals surface area (Å²) < 4.78 is 15.6. The Morgan fingerprint density at radius 1 is 1.26 bits per heavy atom. The molecular formula is C16H18N2O5. The molecule has 0 radical (unpaired) electrons. The summed E-state index contributed by atoms with van der Waals surface area (Å²) in [6.45, 7) is 5.40. The second-order valence-electron chi connectivity index (χ2n) is 5.07. The van der Waals surface area contributed by atoms with Crippen molar-refractivity contribution in [3.05, 3.63) is 46.8 Å². The second kappa shape index (κ2) is 6.95. The number of nitrogens with two attached hydrogens (primary N) is 1. The number of primary amides is 1. The third-order valence-corrected chi connectivity index (χ3v) is 3.34. The van der Waals surface area contributed by atoms with Crippen molar-refractivity contribution in [2.75, 3.05) is 0 Å². The maximum Gasteiger partial charge on any atom is 0.338 e. The Morgan fingerprint density at radius 3 is 2.43 bits per heavy atom. The molecule has 0 saturated carbocycles. The molecule has 2 N–H and O–H groups in total. The van der Waals surface area contributed by atoms with E-state index in [0.717, 1.165) is 11.3 Å². The lowest BCUT2D eigenvalue weighted by Crippen LogP contribution is -2.30. The van der Waals surface area contributed by atoms with Crippen molar-refractivity contribution in [1.29, 1.82) is 0 Å². The van der Waals surface area contributed by atoms with Crippen LogP contribution in [0.3, 0.4) is 0 Å². The smallest absolute Gasteiger partial charge is 0.338 e. The average Bonchev–Trinajstić information content (AvgIpc) is 2.84. The zero-order valence-corrected chi connectivity index (χ0v) is 13.2. The zero-order valence-electron chi connectivity index (χ0n) is 13.2. The third kappa shape index (κ3) is 4.09. The van der Waals surface area contributed by atoms with Gasteiger partial charge in [-0.15, -0.1) is 0 Å². The SMILES string of the molecule is Cc1noc(C)c1COc1ccc(C(=O)O[C@@H](C)C(N)=O)cc1. The molecule has 2 rings (SSSR count). The van der Waals surface area contributed by atoms with Gasteiger partial charge in [-0.3, -0.25) is 4.79 Å². The number of ether oxygens (including phenoxy) is 2. The van der Waals surface area contributed by atoms with Gasteiger partial charge in [0.1, 0.15) is 18.1 Å². The molecule has 122 valence electrons. The fourth-order valence-corrected chi connectivity index (χ4v) is 1.84. The van der Waals surface area contributed by atoms with Gasteiger partial charge < -0.3 is 19.7 Å². The second-order valence-corrected chi connectivity index (χ2v) is 5.07. The first-order chi connectivity index (χ1) is 10.9. The molecule has 2 aromatic rings. The number of hydrogen-bond donors (Lipinski definition) is 1. The Labute approximate surface area is 133 Å². The number of nitrogens with zero attached hydrogens (tertiary/aromatic N) is 1. The van der Waals surface area contributed by atoms with Gasteiger partial charge in [0.15, 0.2) is 6.10 Å². The minimum Gasteiger partial charge on any atom is -0.489 e. The summed E-state index contributed by atoms with van der Waals surface area (Å²) >= 11 is 0. The van der Waals surface area contributed by atoms with Crippen LogP contribution in [0.25, 0.3) is 0 Å². The van der Waals surface area contributed by atoms with Crippen molar-refractivity contribution in [2.24, 2.45) is 5.73 Å². The Bertz CT molecular complexity index is 686. The number of rotatable bonds is 6. The van der Waals surface area contributed by atoms with Crippen LogP contribution in [-0.4, -0.2) is 23.1 Å². The van der Waals surface area contributed by atoms with Crippen molar-refractivity contribution in [2.45, 2.75) is 33.5 Å². The molecule has 0 spiro atoms. The van der Waals surface area contributed by atoms with Crippen LogP contribution in [0, 0.1) is 13.8 Å². The number of carbonyl (C=O) groups excluding carboxylic acids is 2. The fraction of sp³-hybridized carbons (Fsp3) is 0.312. The highest BCUT2D eigenvalue weighted by atomic mass is 16.5. The van der Waals surface area contributed by atoms with Crippen molar-refractivity contribution in [3.63, 3.8) is 0 Å². The first-order valence-corrected chi connectivity index (χ1v) is 7.03. The first kappa shape index (κ1) is 16.5. The van der Waals surface area contributed by atoms with Crippen molar-refractivity contribution < 1.29 is 23.6 Å². The number of carbonyl (C=O) groups is 2. The summed E-state index contributed by atoms with van der Waals surface area (Å²) in [6, 6.07) is 6.39. The molecule has 1 aromatic heterocycles. The van der Waals surface area contributed by atoms with Crippen molar-refractivity contribution in [3.8, 4) is 5.75 Å². The van der Waals surface area contributed by atoms with Gasteiger partial charge in [0, 0.05) is 0 Å². The molecule has 7 nitrogen and oxygen atoms in total. The highest BCUT2D eigenvalue weighted by Crippen LogP contribution is 2.18. The van der Waals surface area contributed by atoms with E-state index >= 15 is 0 Å². The average molecular weight is 318 g/mol. The first-order valence-electron chi connectivity index (χ1n) is 7.03. The molecule has 1 heterocycles. The molecule has 1 aromatic carbocycles. The molecule has 0 fully saturated rings. The maximum atomic E-state index is 11.8. The predicted octanol–water partition coefficient (Wildman–Crippen LogP) is 1.90. The quantitative estimate of drug-likeness (QED) is 0.816. The van der Waals surface area contributed by atoms with Gasteiger partial charge in [0.05, 0.1) is 16.8 Å². The van der Waals surface area contributed by atoms with E-state index < -0.39 is 18.0 Å². The normalized spacial score (nSPS) is 11.8. The van der Waals surface area contributed by atoms with Crippen LogP contribution in [0.15, 0.2) is 28.8 Å². The third-order valence-electron chi connectivity index (χ3n) is 3.34. The van der Waals surface area contributed by atoms with E-state index in [4.69, 9.17) is 19.7 Å². The summed E-state index contributed by atoms with van der Waals surface area (Å²) in [7, 11) is 0. The molecule has 0 bridgehead atoms. The molecule has 7 heteroatoms. The fourth-order valence-electron chi connectivity index (χ4n) is 1.84. The van der Waals surface area contributed by atoms with E-state index in [0.29, 0.717) is 23.7 Å². The molecule has 0 aliphatic rings. The number of hydrogen-bond acceptors (Lipinski definition) is 6. The van der Waals surface area contributed by atoms with Crippen molar-refractivity contribution >= 4 is 11.9 Å². The van der Waals surface area contributed by atoms with Gasteiger partial charge >= 0.3 is 5.97 Å². The van der Waals surface area contributed by atoms with Crippen LogP contribution in [-0.2, 0) is 16.1 Å². The largest absolute Gasteiger partial charge is 0.489 e. The standard InChI is InChI=1S/C16H18N2O5/c1-9-14(10(2)23-18-9)8-21-13-6-4-12(5-7-13)16(20)22-11(3)15(17)19/h4-7,11H,8H2,1-3H3,(H2,17,19)/t11-/m0/s1. The number of amides is 1. The molecular weight excluding hydrogens is 300 g/mol. The summed E-state index contributed by atoms with van der Waals surface area (Å²) in [6.07, 6.45) is -0.974. The Kier molecular flexibility index (Phi) is 5.00. The van der Waals surface area contributed by atoms with Gasteiger partial charge in [0.25, 0.3) is 5.91 Å². The van der Waals surface area contributed by atoms with E-state index in [1.54, 1.807) is 24.3 Å². The minimum atomic E-state index is -0.974. The maximum absolute atomic E-state index is 11.8. The highest BCUT2D eigenvalue weighted by Gasteiger charge is 2.16. The van der Waals surface area contributed by atoms with E-state index in [9.17, 15) is 9.59 Å². The van der Waals surface area contributed by atoms with Crippen molar-refractivity contribution in [1.82, 2.24) is 5.16 Å². The lowest BCUT2D eigenvalue weighted by molar-refractivity contribution is -0.125. The number of aryl methyl sites for hydroxylation is 2. The molecule has 1 amide bonds. The molecule has 0 aliphatic carbocycles. The Hall–Kier alpha value is -2.83. The molecule has 0 saturated heterocycles. The number of aromatic nitrogens is 1. The monoisotopic (exact) mass is 318 g/mol. The van der Waals surface area contributed by atoms with Gasteiger partial charge in [-0.1, -0.05) is 5.16 Å². The number of esters is 1. The molecule has 0 unspecified atom stereocenters. The van der Waals surface area contributed by atoms with Crippen LogP contribution in [0.2, 0.25) is 0 Å². The van der Waals surface area contributed by atoms with E-state index in [-0.39, 0.29) is 0 Å². The van der Waals surface area contributed by atoms with Gasteiger partial charge in [0.2, 0.25) is 0 Å². The predicted molar refractivity (Wildman–Crippen MR) is 80.8 cm³/mol. The Balaban J connectivity index is 1.97. The molecule has 1 atom stereocenters. The topological polar surface area (TPSA) is 105 Å². The summed E-state index contributed by atoms with van der Waals surface area (Å²) in [4.78, 5) is 22.7. The van der Waals surface area contributed by atoms with Crippen LogP contribution >= 0.6 is 0 Å². The van der Waals surface area contributed by atoms with E-state index in [1.807, 2.05) is 13.8 Å². The zero-order chi connectivity index (χ0) is 17.0. The van der Waals surface area contributed by atoms with E-state index in [1.165, 1.54) is 6.92 Å². The van der Waals surface area contributed by atoms with Crippen LogP contribution in [0.4, 0.5) is 0 Å². The van der Waals surface area contributed by atoms with Gasteiger partial charge in [-0.25, -0.2) is 4.79 Å². The van der Waals surface area contributed by atoms with Gasteiger partial charge in [-0.2, -0.15) is 0 Å². The molecule has 0 aliphatic heterocycles. The van der Waals surface area contributed by atoms with Crippen LogP contribution in [0.1, 0.15) is 34.3 Å². The lowest BCUT2D eigenvalue weighted by Gasteiger charge is -2.10. The number of benzene rings is 1. The minimum absolute atomic E-state index is 0.308. The van der Waals surface area contributed by atoms with Crippen LogP contribution < -0.4 is 10.5 Å². The summed E-state index contributed by atoms with van der Waals surface area (Å²) in [5, 5.41) is 3.85. The van der Waals surface area contributed by atoms with Gasteiger partial charge in [-0.05, 0) is 45.0 Å². The Morgan fingerprint density at radius 2 is 1.91 bits per heavy atom. The summed E-state index contributed by atoms with van der Waals surface area (Å²) in [5.41, 5.74) is 7.03. The summed E-state index contributed by atoms with van der Waals surface area (Å²) in [5.74, 6) is -0.0148. The van der Waals surface area contributed by atoms with E-state index in [2.05, 4.69) is 5.16 Å². The lowest BCUT2D eigenvalue weighted by atomic mass is 10.2.